The third kappa shape index (κ3) is 11.8. The molecule has 27 heavy (non-hydrogen) atoms. The summed E-state index contributed by atoms with van der Waals surface area (Å²) in [6.45, 7) is 4.29. The molecule has 2 N–H and O–H groups in total. The molecule has 1 heterocycles. The second-order valence-electron chi connectivity index (χ2n) is 7.88. The number of hydrogen-bond acceptors (Lipinski definition) is 5. The number of piperidine rings is 1. The molecule has 0 unspecified atom stereocenters. The van der Waals surface area contributed by atoms with E-state index in [9.17, 15) is 9.90 Å². The molecule has 4 nitrogen and oxygen atoms in total. The van der Waals surface area contributed by atoms with Crippen LogP contribution in [0, 0.1) is 0 Å². The molecular formula is C22H41NO3S. The van der Waals surface area contributed by atoms with Crippen molar-refractivity contribution in [1.29, 1.82) is 0 Å². The van der Waals surface area contributed by atoms with Crippen molar-refractivity contribution in [3.63, 3.8) is 0 Å². The largest absolute Gasteiger partial charge is 0.458 e. The van der Waals surface area contributed by atoms with Gasteiger partial charge in [0, 0.05) is 18.2 Å². The van der Waals surface area contributed by atoms with Gasteiger partial charge in [0.1, 0.15) is 6.10 Å². The molecular weight excluding hydrogens is 358 g/mol. The highest BCUT2D eigenvalue weighted by Crippen LogP contribution is 2.21. The number of carbonyl (C=O) groups excluding carboxylic acids is 1. The number of thioether (sulfide) groups is 1. The molecule has 1 aliphatic heterocycles. The Morgan fingerprint density at radius 1 is 1.19 bits per heavy atom. The van der Waals surface area contributed by atoms with E-state index in [1.54, 1.807) is 5.41 Å². The van der Waals surface area contributed by atoms with Crippen molar-refractivity contribution in [3.05, 3.63) is 11.5 Å². The molecule has 5 heteroatoms. The number of esters is 1. The zero-order chi connectivity index (χ0) is 19.9. The fourth-order valence-electron chi connectivity index (χ4n) is 3.76. The molecule has 0 amide bonds. The van der Waals surface area contributed by atoms with Gasteiger partial charge in [0.05, 0.1) is 6.10 Å². The van der Waals surface area contributed by atoms with Crippen molar-refractivity contribution < 1.29 is 14.6 Å². The highest BCUT2D eigenvalue weighted by atomic mass is 32.2. The summed E-state index contributed by atoms with van der Waals surface area (Å²) >= 11 is 1.50. The molecule has 1 aliphatic rings. The highest BCUT2D eigenvalue weighted by molar-refractivity contribution is 8.01. The maximum atomic E-state index is 11.7. The van der Waals surface area contributed by atoms with Crippen LogP contribution in [-0.4, -0.2) is 41.6 Å². The molecule has 0 aromatic rings. The maximum Gasteiger partial charge on any atom is 0.331 e. The lowest BCUT2D eigenvalue weighted by atomic mass is 9.93. The molecule has 158 valence electrons. The normalized spacial score (nSPS) is 24.2. The fraction of sp³-hybridized carbons (Fsp3) is 0.864. The predicted molar refractivity (Wildman–Crippen MR) is 116 cm³/mol. The minimum atomic E-state index is -0.235. The van der Waals surface area contributed by atoms with Gasteiger partial charge in [0.2, 0.25) is 0 Å². The van der Waals surface area contributed by atoms with Gasteiger partial charge in [-0.3, -0.25) is 0 Å². The van der Waals surface area contributed by atoms with Gasteiger partial charge in [-0.25, -0.2) is 4.79 Å². The molecule has 1 fully saturated rings. The van der Waals surface area contributed by atoms with Crippen molar-refractivity contribution in [1.82, 2.24) is 5.32 Å². The number of rotatable bonds is 14. The molecule has 0 bridgehead atoms. The van der Waals surface area contributed by atoms with Gasteiger partial charge in [-0.1, -0.05) is 51.9 Å². The second kappa shape index (κ2) is 15.4. The van der Waals surface area contributed by atoms with Gasteiger partial charge in [-0.2, -0.15) is 0 Å². The van der Waals surface area contributed by atoms with Crippen LogP contribution in [-0.2, 0) is 9.53 Å². The number of aliphatic hydroxyl groups is 1. The van der Waals surface area contributed by atoms with Crippen LogP contribution in [0.3, 0.4) is 0 Å². The standard InChI is InChI=1S/C22H41NO3S/c1-4-5-12-20(24)13-10-8-6-7-9-11-19-14-15-21(18(2)23-19)26-22(25)16-17-27-3/h16-21,23-24H,4-15H2,1-3H3/b17-16+/t18-,19-,20-,21+/m1/s1. The van der Waals surface area contributed by atoms with Gasteiger partial charge in [-0.15, -0.1) is 11.8 Å². The Kier molecular flexibility index (Phi) is 14.0. The van der Waals surface area contributed by atoms with Crippen LogP contribution < -0.4 is 5.32 Å². The SMILES string of the molecule is CCCC[C@@H](O)CCCCCCC[C@@H]1CC[C@H](OC(=O)/C=C/SC)[C@@H](C)N1. The summed E-state index contributed by atoms with van der Waals surface area (Å²) in [5.74, 6) is -0.235. The molecule has 0 saturated carbocycles. The summed E-state index contributed by atoms with van der Waals surface area (Å²) in [4.78, 5) is 11.7. The smallest absolute Gasteiger partial charge is 0.331 e. The van der Waals surface area contributed by atoms with Crippen LogP contribution in [0.1, 0.15) is 90.9 Å². The Morgan fingerprint density at radius 3 is 2.59 bits per heavy atom. The fourth-order valence-corrected chi connectivity index (χ4v) is 4.01. The summed E-state index contributed by atoms with van der Waals surface area (Å²) in [7, 11) is 0. The van der Waals surface area contributed by atoms with Crippen molar-refractivity contribution in [2.45, 2.75) is 115 Å². The number of hydrogen-bond donors (Lipinski definition) is 2. The van der Waals surface area contributed by atoms with E-state index in [2.05, 4.69) is 19.2 Å². The summed E-state index contributed by atoms with van der Waals surface area (Å²) < 4.78 is 5.55. The average Bonchev–Trinajstić information content (AvgIpc) is 2.66. The van der Waals surface area contributed by atoms with Gasteiger partial charge >= 0.3 is 5.97 Å². The van der Waals surface area contributed by atoms with E-state index in [0.29, 0.717) is 6.04 Å². The maximum absolute atomic E-state index is 11.7. The summed E-state index contributed by atoms with van der Waals surface area (Å²) in [6.07, 6.45) is 17.0. The van der Waals surface area contributed by atoms with Crippen LogP contribution in [0.5, 0.6) is 0 Å². The quantitative estimate of drug-likeness (QED) is 0.239. The molecule has 1 saturated heterocycles. The summed E-state index contributed by atoms with van der Waals surface area (Å²) in [5, 5.41) is 15.2. The first-order valence-electron chi connectivity index (χ1n) is 10.9. The third-order valence-corrected chi connectivity index (χ3v) is 5.85. The first kappa shape index (κ1) is 24.5. The Balaban J connectivity index is 2.05. The number of carbonyl (C=O) groups is 1. The lowest BCUT2D eigenvalue weighted by Gasteiger charge is -2.35. The van der Waals surface area contributed by atoms with Crippen LogP contribution in [0.4, 0.5) is 0 Å². The lowest BCUT2D eigenvalue weighted by molar-refractivity contribution is -0.145. The molecule has 0 spiro atoms. The van der Waals surface area contributed by atoms with Crippen LogP contribution >= 0.6 is 11.8 Å². The van der Waals surface area contributed by atoms with Crippen LogP contribution in [0.2, 0.25) is 0 Å². The molecule has 0 aromatic carbocycles. The Hall–Kier alpha value is -0.520. The van der Waals surface area contributed by atoms with Crippen LogP contribution in [0.25, 0.3) is 0 Å². The zero-order valence-corrected chi connectivity index (χ0v) is 18.4. The van der Waals surface area contributed by atoms with Crippen LogP contribution in [0.15, 0.2) is 11.5 Å². The topological polar surface area (TPSA) is 58.6 Å². The first-order valence-corrected chi connectivity index (χ1v) is 12.2. The zero-order valence-electron chi connectivity index (χ0n) is 17.6. The van der Waals surface area contributed by atoms with E-state index in [-0.39, 0.29) is 24.2 Å². The molecule has 0 radical (unpaired) electrons. The second-order valence-corrected chi connectivity index (χ2v) is 8.63. The van der Waals surface area contributed by atoms with Gasteiger partial charge in [0.15, 0.2) is 0 Å². The van der Waals surface area contributed by atoms with E-state index in [1.807, 2.05) is 6.26 Å². The Labute approximate surface area is 170 Å². The Morgan fingerprint density at radius 2 is 1.89 bits per heavy atom. The number of nitrogens with one attached hydrogen (secondary N) is 1. The number of ether oxygens (including phenoxy) is 1. The van der Waals surface area contributed by atoms with Gasteiger partial charge in [0.25, 0.3) is 0 Å². The molecule has 0 aromatic heterocycles. The monoisotopic (exact) mass is 399 g/mol. The first-order chi connectivity index (χ1) is 13.1. The molecule has 1 rings (SSSR count). The van der Waals surface area contributed by atoms with Crippen molar-refractivity contribution in [3.8, 4) is 0 Å². The molecule has 4 atom stereocenters. The van der Waals surface area contributed by atoms with Crippen molar-refractivity contribution >= 4 is 17.7 Å². The lowest BCUT2D eigenvalue weighted by Crippen LogP contribution is -2.50. The van der Waals surface area contributed by atoms with Crippen molar-refractivity contribution in [2.75, 3.05) is 6.26 Å². The van der Waals surface area contributed by atoms with Crippen molar-refractivity contribution in [2.24, 2.45) is 0 Å². The number of unbranched alkanes of at least 4 members (excludes halogenated alkanes) is 5. The van der Waals surface area contributed by atoms with E-state index < -0.39 is 0 Å². The summed E-state index contributed by atoms with van der Waals surface area (Å²) in [5.41, 5.74) is 0. The summed E-state index contributed by atoms with van der Waals surface area (Å²) in [6, 6.07) is 0.771. The highest BCUT2D eigenvalue weighted by Gasteiger charge is 2.28. The van der Waals surface area contributed by atoms with Gasteiger partial charge < -0.3 is 15.2 Å². The third-order valence-electron chi connectivity index (χ3n) is 5.44. The predicted octanol–water partition coefficient (Wildman–Crippen LogP) is 5.20. The number of aliphatic hydroxyl groups excluding tert-OH is 1. The minimum absolute atomic E-state index is 0.0145. The van der Waals surface area contributed by atoms with E-state index >= 15 is 0 Å². The molecule has 0 aliphatic carbocycles. The van der Waals surface area contributed by atoms with E-state index in [0.717, 1.165) is 38.5 Å². The average molecular weight is 400 g/mol. The van der Waals surface area contributed by atoms with Gasteiger partial charge in [-0.05, 0) is 50.7 Å². The van der Waals surface area contributed by atoms with E-state index in [1.165, 1.54) is 56.4 Å². The van der Waals surface area contributed by atoms with E-state index in [4.69, 9.17) is 4.74 Å². The minimum Gasteiger partial charge on any atom is -0.458 e. The Bertz CT molecular complexity index is 416.